The Morgan fingerprint density at radius 2 is 2.24 bits per heavy atom. The minimum absolute atomic E-state index is 0.345. The van der Waals surface area contributed by atoms with Gasteiger partial charge in [0, 0.05) is 24.9 Å². The summed E-state index contributed by atoms with van der Waals surface area (Å²) < 4.78 is 1.21. The zero-order valence-corrected chi connectivity index (χ0v) is 14.5. The Kier molecular flexibility index (Phi) is 4.02. The van der Waals surface area contributed by atoms with E-state index in [4.69, 9.17) is 0 Å². The highest BCUT2D eigenvalue weighted by Gasteiger charge is 2.20. The lowest BCUT2D eigenvalue weighted by Gasteiger charge is -2.08. The van der Waals surface area contributed by atoms with Gasteiger partial charge in [-0.3, -0.25) is 0 Å². The molecule has 0 N–H and O–H groups in total. The van der Waals surface area contributed by atoms with Crippen LogP contribution in [0.5, 0.6) is 0 Å². The Hall–Kier alpha value is 0.710. The van der Waals surface area contributed by atoms with Gasteiger partial charge >= 0.3 is 0 Å². The third kappa shape index (κ3) is 2.54. The molecule has 1 unspecified atom stereocenters. The molecule has 1 atom stereocenters. The molecule has 2 aromatic heterocycles. The number of hydrogen-bond donors (Lipinski definition) is 0. The summed E-state index contributed by atoms with van der Waals surface area (Å²) in [6, 6.07) is 4.51. The fourth-order valence-electron chi connectivity index (χ4n) is 1.91. The molecule has 3 heterocycles. The lowest BCUT2D eigenvalue weighted by atomic mass is 10.2. The second-order valence-electron chi connectivity index (χ2n) is 3.90. The summed E-state index contributed by atoms with van der Waals surface area (Å²) in [4.78, 5) is 4.75. The predicted molar refractivity (Wildman–Crippen MR) is 87.0 cm³/mol. The minimum atomic E-state index is 0.345. The van der Waals surface area contributed by atoms with Crippen LogP contribution < -0.4 is 0 Å². The van der Waals surface area contributed by atoms with Gasteiger partial charge in [-0.1, -0.05) is 15.9 Å². The Morgan fingerprint density at radius 3 is 2.94 bits per heavy atom. The SMILES string of the molecule is Brc1ccsc1C(Br)c1cc2c(s1)CCSC2. The molecule has 5 heteroatoms. The topological polar surface area (TPSA) is 0 Å². The van der Waals surface area contributed by atoms with E-state index < -0.39 is 0 Å². The van der Waals surface area contributed by atoms with E-state index in [-0.39, 0.29) is 0 Å². The highest BCUT2D eigenvalue weighted by molar-refractivity contribution is 9.11. The molecule has 1 aliphatic rings. The summed E-state index contributed by atoms with van der Waals surface area (Å²) in [7, 11) is 0. The monoisotopic (exact) mass is 408 g/mol. The summed E-state index contributed by atoms with van der Waals surface area (Å²) in [5.41, 5.74) is 1.55. The molecule has 17 heavy (non-hydrogen) atoms. The smallest absolute Gasteiger partial charge is 0.0842 e. The fraction of sp³-hybridized carbons (Fsp3) is 0.333. The average molecular weight is 410 g/mol. The third-order valence-corrected chi connectivity index (χ3v) is 8.57. The van der Waals surface area contributed by atoms with E-state index in [1.165, 1.54) is 32.2 Å². The zero-order chi connectivity index (χ0) is 11.8. The maximum Gasteiger partial charge on any atom is 0.0842 e. The van der Waals surface area contributed by atoms with Crippen molar-refractivity contribution in [2.75, 3.05) is 5.75 Å². The Morgan fingerprint density at radius 1 is 1.35 bits per heavy atom. The molecule has 0 saturated heterocycles. The number of rotatable bonds is 2. The first kappa shape index (κ1) is 12.7. The maximum atomic E-state index is 3.83. The van der Waals surface area contributed by atoms with Crippen molar-refractivity contribution in [3.63, 3.8) is 0 Å². The molecule has 2 aromatic rings. The van der Waals surface area contributed by atoms with Crippen LogP contribution in [0.2, 0.25) is 0 Å². The van der Waals surface area contributed by atoms with Gasteiger partial charge in [0.2, 0.25) is 0 Å². The van der Waals surface area contributed by atoms with Crippen LogP contribution in [0.4, 0.5) is 0 Å². The molecule has 0 bridgehead atoms. The van der Waals surface area contributed by atoms with Crippen molar-refractivity contribution >= 4 is 66.3 Å². The fourth-order valence-corrected chi connectivity index (χ4v) is 7.23. The first-order valence-corrected chi connectivity index (χ1v) is 9.88. The first-order valence-electron chi connectivity index (χ1n) is 5.32. The summed E-state index contributed by atoms with van der Waals surface area (Å²) in [6.07, 6.45) is 1.25. The molecular formula is C12H10Br2S3. The quantitative estimate of drug-likeness (QED) is 0.561. The second kappa shape index (κ2) is 5.37. The molecule has 0 aromatic carbocycles. The van der Waals surface area contributed by atoms with Crippen molar-refractivity contribution in [3.8, 4) is 0 Å². The summed E-state index contributed by atoms with van der Waals surface area (Å²) in [5.74, 6) is 2.47. The lowest BCUT2D eigenvalue weighted by molar-refractivity contribution is 1.13. The van der Waals surface area contributed by atoms with Gasteiger partial charge in [0.25, 0.3) is 0 Å². The van der Waals surface area contributed by atoms with Crippen LogP contribution in [0.15, 0.2) is 22.0 Å². The van der Waals surface area contributed by atoms with E-state index in [9.17, 15) is 0 Å². The van der Waals surface area contributed by atoms with Gasteiger partial charge in [-0.05, 0) is 51.2 Å². The van der Waals surface area contributed by atoms with Crippen LogP contribution in [0, 0.1) is 0 Å². The van der Waals surface area contributed by atoms with Crippen molar-refractivity contribution < 1.29 is 0 Å². The summed E-state index contributed by atoms with van der Waals surface area (Å²) >= 11 is 13.3. The molecule has 3 rings (SSSR count). The van der Waals surface area contributed by atoms with Crippen molar-refractivity contribution in [2.45, 2.75) is 17.0 Å². The molecule has 0 spiro atoms. The summed E-state index contributed by atoms with van der Waals surface area (Å²) in [5, 5.41) is 2.14. The Bertz CT molecular complexity index is 506. The van der Waals surface area contributed by atoms with E-state index in [2.05, 4.69) is 49.4 Å². The van der Waals surface area contributed by atoms with Crippen molar-refractivity contribution in [1.29, 1.82) is 0 Å². The lowest BCUT2D eigenvalue weighted by Crippen LogP contribution is -1.96. The highest BCUT2D eigenvalue weighted by atomic mass is 79.9. The van der Waals surface area contributed by atoms with E-state index in [1.54, 1.807) is 21.8 Å². The van der Waals surface area contributed by atoms with Gasteiger partial charge in [-0.25, -0.2) is 0 Å². The van der Waals surface area contributed by atoms with Crippen LogP contribution in [0.25, 0.3) is 0 Å². The van der Waals surface area contributed by atoms with Crippen LogP contribution >= 0.6 is 66.3 Å². The van der Waals surface area contributed by atoms with Crippen LogP contribution in [0.3, 0.4) is 0 Å². The molecule has 1 aliphatic heterocycles. The van der Waals surface area contributed by atoms with Gasteiger partial charge in [0.05, 0.1) is 4.83 Å². The van der Waals surface area contributed by atoms with Crippen molar-refractivity contribution in [1.82, 2.24) is 0 Å². The first-order chi connectivity index (χ1) is 8.25. The molecule has 0 amide bonds. The standard InChI is InChI=1S/C12H10Br2S3/c13-8-1-4-16-12(8)11(14)10-5-7-6-15-3-2-9(7)17-10/h1,4-5,11H,2-3,6H2. The zero-order valence-electron chi connectivity index (χ0n) is 8.91. The minimum Gasteiger partial charge on any atom is -0.157 e. The molecule has 0 saturated carbocycles. The highest BCUT2D eigenvalue weighted by Crippen LogP contribution is 2.44. The number of fused-ring (bicyclic) bond motifs is 1. The van der Waals surface area contributed by atoms with E-state index in [1.807, 2.05) is 23.1 Å². The van der Waals surface area contributed by atoms with Gasteiger partial charge < -0.3 is 0 Å². The Balaban J connectivity index is 1.94. The van der Waals surface area contributed by atoms with Crippen LogP contribution in [-0.4, -0.2) is 5.75 Å². The molecular weight excluding hydrogens is 400 g/mol. The van der Waals surface area contributed by atoms with E-state index in [0.29, 0.717) is 4.83 Å². The van der Waals surface area contributed by atoms with Gasteiger partial charge in [-0.2, -0.15) is 11.8 Å². The van der Waals surface area contributed by atoms with E-state index in [0.717, 1.165) is 0 Å². The number of alkyl halides is 1. The molecule has 0 radical (unpaired) electrons. The maximum absolute atomic E-state index is 3.83. The number of thioether (sulfide) groups is 1. The molecule has 90 valence electrons. The molecule has 0 nitrogen and oxygen atoms in total. The van der Waals surface area contributed by atoms with Gasteiger partial charge in [0.15, 0.2) is 0 Å². The number of halogens is 2. The summed E-state index contributed by atoms with van der Waals surface area (Å²) in [6.45, 7) is 0. The molecule has 0 aliphatic carbocycles. The largest absolute Gasteiger partial charge is 0.157 e. The van der Waals surface area contributed by atoms with E-state index >= 15 is 0 Å². The number of hydrogen-bond acceptors (Lipinski definition) is 3. The second-order valence-corrected chi connectivity index (χ2v) is 8.89. The number of aryl methyl sites for hydroxylation is 1. The van der Waals surface area contributed by atoms with Crippen LogP contribution in [-0.2, 0) is 12.2 Å². The van der Waals surface area contributed by atoms with Gasteiger partial charge in [0.1, 0.15) is 0 Å². The van der Waals surface area contributed by atoms with Crippen molar-refractivity contribution in [3.05, 3.63) is 42.2 Å². The predicted octanol–water partition coefficient (Wildman–Crippen LogP) is 5.85. The van der Waals surface area contributed by atoms with Crippen LogP contribution in [0.1, 0.15) is 25.0 Å². The van der Waals surface area contributed by atoms with Crippen molar-refractivity contribution in [2.24, 2.45) is 0 Å². The molecule has 0 fully saturated rings. The van der Waals surface area contributed by atoms with Gasteiger partial charge in [-0.15, -0.1) is 22.7 Å². The normalized spacial score (nSPS) is 16.8. The third-order valence-electron chi connectivity index (χ3n) is 2.77. The average Bonchev–Trinajstić information content (AvgIpc) is 2.93. The Labute approximate surface area is 130 Å². The number of thiophene rings is 2.